The van der Waals surface area contributed by atoms with Crippen LogP contribution in [0, 0.1) is 6.92 Å². The Bertz CT molecular complexity index is 435. The summed E-state index contributed by atoms with van der Waals surface area (Å²) >= 11 is 6.07. The van der Waals surface area contributed by atoms with Crippen LogP contribution in [-0.4, -0.2) is 34.7 Å². The van der Waals surface area contributed by atoms with Gasteiger partial charge >= 0.3 is 6.03 Å². The number of amides is 2. The summed E-state index contributed by atoms with van der Waals surface area (Å²) in [7, 11) is 0. The molecule has 2 N–H and O–H groups in total. The van der Waals surface area contributed by atoms with Crippen LogP contribution in [0.5, 0.6) is 0 Å². The van der Waals surface area contributed by atoms with Gasteiger partial charge in [0, 0.05) is 6.54 Å². The number of hydrogen-bond donors (Lipinski definition) is 2. The Morgan fingerprint density at radius 1 is 1.47 bits per heavy atom. The van der Waals surface area contributed by atoms with Gasteiger partial charge in [0.05, 0.1) is 22.9 Å². The lowest BCUT2D eigenvalue weighted by atomic mass is 10.1. The molecule has 2 amide bonds. The molecule has 0 aliphatic heterocycles. The van der Waals surface area contributed by atoms with E-state index in [0.29, 0.717) is 17.3 Å². The molecule has 0 bridgehead atoms. The van der Waals surface area contributed by atoms with Gasteiger partial charge in [-0.15, -0.1) is 0 Å². The van der Waals surface area contributed by atoms with Crippen LogP contribution >= 0.6 is 11.6 Å². The van der Waals surface area contributed by atoms with Crippen molar-refractivity contribution in [2.75, 3.05) is 18.4 Å². The Kier molecular flexibility index (Phi) is 5.20. The summed E-state index contributed by atoms with van der Waals surface area (Å²) in [5.74, 6) is 0. The second-order valence-electron chi connectivity index (χ2n) is 5.19. The second-order valence-corrected chi connectivity index (χ2v) is 5.60. The third-order valence-electron chi connectivity index (χ3n) is 2.70. The molecule has 0 fully saturated rings. The standard InChI is InChI=1S/C14H21ClN2O2/c1-5-17(9-14(3,4)19)13(18)16-12-10(2)7-6-8-11(12)15/h6-8,19H,5,9H2,1-4H3,(H,16,18). The fraction of sp³-hybridized carbons (Fsp3) is 0.500. The molecule has 0 spiro atoms. The highest BCUT2D eigenvalue weighted by Crippen LogP contribution is 2.25. The summed E-state index contributed by atoms with van der Waals surface area (Å²) in [6.45, 7) is 7.87. The van der Waals surface area contributed by atoms with Crippen LogP contribution in [0.1, 0.15) is 26.3 Å². The molecule has 19 heavy (non-hydrogen) atoms. The SMILES string of the molecule is CCN(CC(C)(C)O)C(=O)Nc1c(C)cccc1Cl. The lowest BCUT2D eigenvalue weighted by molar-refractivity contribution is 0.0501. The van der Waals surface area contributed by atoms with Gasteiger partial charge in [0.2, 0.25) is 0 Å². The topological polar surface area (TPSA) is 52.6 Å². The van der Waals surface area contributed by atoms with Crippen molar-refractivity contribution >= 4 is 23.3 Å². The number of benzene rings is 1. The van der Waals surface area contributed by atoms with Gasteiger partial charge < -0.3 is 15.3 Å². The van der Waals surface area contributed by atoms with E-state index in [-0.39, 0.29) is 12.6 Å². The summed E-state index contributed by atoms with van der Waals surface area (Å²) in [6, 6.07) is 5.19. The van der Waals surface area contributed by atoms with Gasteiger partial charge in [-0.2, -0.15) is 0 Å². The number of carbonyl (C=O) groups is 1. The molecule has 0 radical (unpaired) electrons. The Hall–Kier alpha value is -1.26. The number of nitrogens with zero attached hydrogens (tertiary/aromatic N) is 1. The van der Waals surface area contributed by atoms with Gasteiger partial charge in [-0.25, -0.2) is 4.79 Å². The van der Waals surface area contributed by atoms with Crippen LogP contribution in [-0.2, 0) is 0 Å². The summed E-state index contributed by atoms with van der Waals surface area (Å²) in [6.07, 6.45) is 0. The number of likely N-dealkylation sites (N-methyl/N-ethyl adjacent to an activating group) is 1. The molecule has 5 heteroatoms. The van der Waals surface area contributed by atoms with Gasteiger partial charge in [0.1, 0.15) is 0 Å². The zero-order valence-corrected chi connectivity index (χ0v) is 12.6. The zero-order valence-electron chi connectivity index (χ0n) is 11.8. The Labute approximate surface area is 119 Å². The number of halogens is 1. The largest absolute Gasteiger partial charge is 0.389 e. The number of nitrogens with one attached hydrogen (secondary N) is 1. The predicted octanol–water partition coefficient (Wildman–Crippen LogP) is 3.27. The van der Waals surface area contributed by atoms with Gasteiger partial charge in [-0.1, -0.05) is 23.7 Å². The summed E-state index contributed by atoms with van der Waals surface area (Å²) in [4.78, 5) is 13.7. The average molecular weight is 285 g/mol. The maximum Gasteiger partial charge on any atom is 0.321 e. The molecule has 0 unspecified atom stereocenters. The molecule has 0 aliphatic carbocycles. The molecule has 106 valence electrons. The Balaban J connectivity index is 2.83. The molecule has 0 heterocycles. The Morgan fingerprint density at radius 2 is 2.11 bits per heavy atom. The first-order valence-corrected chi connectivity index (χ1v) is 6.66. The van der Waals surface area contributed by atoms with E-state index in [1.165, 1.54) is 0 Å². The second kappa shape index (κ2) is 6.26. The number of carbonyl (C=O) groups excluding carboxylic acids is 1. The van der Waals surface area contributed by atoms with Crippen LogP contribution in [0.2, 0.25) is 5.02 Å². The van der Waals surface area contributed by atoms with E-state index in [9.17, 15) is 9.90 Å². The maximum atomic E-state index is 12.2. The molecule has 0 atom stereocenters. The molecule has 1 aromatic carbocycles. The quantitative estimate of drug-likeness (QED) is 0.891. The zero-order chi connectivity index (χ0) is 14.6. The highest BCUT2D eigenvalue weighted by atomic mass is 35.5. The van der Waals surface area contributed by atoms with Crippen molar-refractivity contribution in [2.24, 2.45) is 0 Å². The molecule has 0 aromatic heterocycles. The van der Waals surface area contributed by atoms with Gasteiger partial charge in [-0.05, 0) is 39.3 Å². The number of para-hydroxylation sites is 1. The van der Waals surface area contributed by atoms with Crippen LogP contribution < -0.4 is 5.32 Å². The average Bonchev–Trinajstić information content (AvgIpc) is 2.29. The number of urea groups is 1. The van der Waals surface area contributed by atoms with E-state index in [1.807, 2.05) is 26.0 Å². The van der Waals surface area contributed by atoms with Crippen molar-refractivity contribution < 1.29 is 9.90 Å². The molecule has 1 aromatic rings. The van der Waals surface area contributed by atoms with Crippen molar-refractivity contribution in [1.29, 1.82) is 0 Å². The van der Waals surface area contributed by atoms with Gasteiger partial charge in [-0.3, -0.25) is 0 Å². The molecule has 0 saturated carbocycles. The maximum absolute atomic E-state index is 12.2. The first-order valence-electron chi connectivity index (χ1n) is 6.28. The fourth-order valence-electron chi connectivity index (χ4n) is 1.77. The predicted molar refractivity (Wildman–Crippen MR) is 78.8 cm³/mol. The summed E-state index contributed by atoms with van der Waals surface area (Å²) < 4.78 is 0. The monoisotopic (exact) mass is 284 g/mol. The third kappa shape index (κ3) is 4.73. The van der Waals surface area contributed by atoms with Crippen LogP contribution in [0.3, 0.4) is 0 Å². The van der Waals surface area contributed by atoms with Crippen molar-refractivity contribution in [2.45, 2.75) is 33.3 Å². The number of anilines is 1. The minimum absolute atomic E-state index is 0.263. The lowest BCUT2D eigenvalue weighted by Crippen LogP contribution is -2.44. The highest BCUT2D eigenvalue weighted by molar-refractivity contribution is 6.33. The molecular weight excluding hydrogens is 264 g/mol. The number of hydrogen-bond acceptors (Lipinski definition) is 2. The van der Waals surface area contributed by atoms with Gasteiger partial charge in [0.15, 0.2) is 0 Å². The highest BCUT2D eigenvalue weighted by Gasteiger charge is 2.22. The number of aryl methyl sites for hydroxylation is 1. The lowest BCUT2D eigenvalue weighted by Gasteiger charge is -2.28. The van der Waals surface area contributed by atoms with Gasteiger partial charge in [0.25, 0.3) is 0 Å². The van der Waals surface area contributed by atoms with E-state index in [4.69, 9.17) is 11.6 Å². The smallest absolute Gasteiger partial charge is 0.321 e. The third-order valence-corrected chi connectivity index (χ3v) is 3.02. The molecule has 0 saturated heterocycles. The molecule has 4 nitrogen and oxygen atoms in total. The van der Waals surface area contributed by atoms with Crippen LogP contribution in [0.15, 0.2) is 18.2 Å². The minimum atomic E-state index is -0.928. The first kappa shape index (κ1) is 15.8. The van der Waals surface area contributed by atoms with E-state index < -0.39 is 5.60 Å². The van der Waals surface area contributed by atoms with Crippen molar-refractivity contribution in [3.63, 3.8) is 0 Å². The molecule has 0 aliphatic rings. The van der Waals surface area contributed by atoms with E-state index in [0.717, 1.165) is 5.56 Å². The van der Waals surface area contributed by atoms with Crippen LogP contribution in [0.4, 0.5) is 10.5 Å². The van der Waals surface area contributed by atoms with Crippen molar-refractivity contribution in [3.8, 4) is 0 Å². The summed E-state index contributed by atoms with van der Waals surface area (Å²) in [5, 5.41) is 13.1. The van der Waals surface area contributed by atoms with E-state index in [1.54, 1.807) is 24.8 Å². The molecule has 1 rings (SSSR count). The Morgan fingerprint density at radius 3 is 2.58 bits per heavy atom. The summed E-state index contributed by atoms with van der Waals surface area (Å²) in [5.41, 5.74) is 0.589. The van der Waals surface area contributed by atoms with E-state index in [2.05, 4.69) is 5.32 Å². The first-order chi connectivity index (χ1) is 8.74. The fourth-order valence-corrected chi connectivity index (χ4v) is 2.04. The number of aliphatic hydroxyl groups is 1. The van der Waals surface area contributed by atoms with Crippen molar-refractivity contribution in [3.05, 3.63) is 28.8 Å². The number of rotatable bonds is 4. The van der Waals surface area contributed by atoms with Crippen LogP contribution in [0.25, 0.3) is 0 Å². The molecular formula is C14H21ClN2O2. The minimum Gasteiger partial charge on any atom is -0.389 e. The van der Waals surface area contributed by atoms with E-state index >= 15 is 0 Å². The normalized spacial score (nSPS) is 11.3. The van der Waals surface area contributed by atoms with Crippen molar-refractivity contribution in [1.82, 2.24) is 4.90 Å².